The van der Waals surface area contributed by atoms with E-state index in [-0.39, 0.29) is 5.97 Å². The van der Waals surface area contributed by atoms with Crippen molar-refractivity contribution in [3.05, 3.63) is 24.3 Å². The van der Waals surface area contributed by atoms with E-state index in [1.807, 2.05) is 38.1 Å². The first-order valence-corrected chi connectivity index (χ1v) is 8.17. The van der Waals surface area contributed by atoms with Gasteiger partial charge in [0.1, 0.15) is 11.3 Å². The summed E-state index contributed by atoms with van der Waals surface area (Å²) in [4.78, 5) is 13.1. The van der Waals surface area contributed by atoms with Crippen LogP contribution in [0.3, 0.4) is 0 Å². The first kappa shape index (κ1) is 17.9. The Kier molecular flexibility index (Phi) is 7.61. The molecule has 5 heteroatoms. The van der Waals surface area contributed by atoms with Crippen LogP contribution in [-0.4, -0.2) is 38.0 Å². The molecule has 1 N–H and O–H groups in total. The predicted molar refractivity (Wildman–Crippen MR) is 87.0 cm³/mol. The van der Waals surface area contributed by atoms with Crippen LogP contribution in [0.15, 0.2) is 29.2 Å². The third-order valence-corrected chi connectivity index (χ3v) is 4.53. The van der Waals surface area contributed by atoms with Crippen LogP contribution in [0.5, 0.6) is 5.75 Å². The van der Waals surface area contributed by atoms with Gasteiger partial charge in [-0.15, -0.1) is 11.8 Å². The molecule has 0 aliphatic carbocycles. The van der Waals surface area contributed by atoms with E-state index < -0.39 is 5.54 Å². The fraction of sp³-hybridized carbons (Fsp3) is 0.562. The molecule has 4 nitrogen and oxygen atoms in total. The molecule has 0 spiro atoms. The van der Waals surface area contributed by atoms with Gasteiger partial charge in [-0.1, -0.05) is 0 Å². The lowest BCUT2D eigenvalue weighted by Crippen LogP contribution is -2.48. The van der Waals surface area contributed by atoms with E-state index in [0.717, 1.165) is 24.3 Å². The standard InChI is InChI=1S/C16H25NO3S/c1-5-20-15(18)16(2,17-3)11-6-12-21-14-9-7-13(19-4)8-10-14/h7-10,17H,5-6,11-12H2,1-4H3. The van der Waals surface area contributed by atoms with Gasteiger partial charge < -0.3 is 14.8 Å². The van der Waals surface area contributed by atoms with Crippen LogP contribution in [0.4, 0.5) is 0 Å². The molecule has 0 radical (unpaired) electrons. The molecule has 1 rings (SSSR count). The van der Waals surface area contributed by atoms with Gasteiger partial charge in [-0.05, 0) is 63.8 Å². The zero-order valence-corrected chi connectivity index (χ0v) is 14.1. The van der Waals surface area contributed by atoms with Crippen molar-refractivity contribution in [1.82, 2.24) is 5.32 Å². The summed E-state index contributed by atoms with van der Waals surface area (Å²) in [6, 6.07) is 8.01. The van der Waals surface area contributed by atoms with Crippen molar-refractivity contribution in [2.45, 2.75) is 37.1 Å². The Bertz CT molecular complexity index is 436. The van der Waals surface area contributed by atoms with E-state index in [1.165, 1.54) is 4.90 Å². The van der Waals surface area contributed by atoms with Crippen molar-refractivity contribution in [3.8, 4) is 5.75 Å². The number of benzene rings is 1. The average molecular weight is 311 g/mol. The Morgan fingerprint density at radius 3 is 2.52 bits per heavy atom. The van der Waals surface area contributed by atoms with Crippen LogP contribution < -0.4 is 10.1 Å². The quantitative estimate of drug-likeness (QED) is 0.431. The fourth-order valence-corrected chi connectivity index (χ4v) is 2.76. The molecule has 1 atom stereocenters. The summed E-state index contributed by atoms with van der Waals surface area (Å²) in [5.41, 5.74) is -0.601. The molecule has 118 valence electrons. The van der Waals surface area contributed by atoms with Gasteiger partial charge in [-0.2, -0.15) is 0 Å². The van der Waals surface area contributed by atoms with Gasteiger partial charge in [-0.3, -0.25) is 4.79 Å². The van der Waals surface area contributed by atoms with Crippen molar-refractivity contribution in [3.63, 3.8) is 0 Å². The summed E-state index contributed by atoms with van der Waals surface area (Å²) in [6.45, 7) is 4.13. The molecule has 0 aliphatic rings. The first-order chi connectivity index (χ1) is 10.1. The highest BCUT2D eigenvalue weighted by Crippen LogP contribution is 2.24. The lowest BCUT2D eigenvalue weighted by atomic mass is 9.97. The molecule has 0 aromatic heterocycles. The lowest BCUT2D eigenvalue weighted by Gasteiger charge is -2.26. The number of carbonyl (C=O) groups excluding carboxylic acids is 1. The van der Waals surface area contributed by atoms with Crippen molar-refractivity contribution < 1.29 is 14.3 Å². The van der Waals surface area contributed by atoms with E-state index in [0.29, 0.717) is 6.61 Å². The molecule has 0 saturated carbocycles. The van der Waals surface area contributed by atoms with Crippen molar-refractivity contribution in [1.29, 1.82) is 0 Å². The Balaban J connectivity index is 2.39. The summed E-state index contributed by atoms with van der Waals surface area (Å²) >= 11 is 1.78. The van der Waals surface area contributed by atoms with Gasteiger partial charge >= 0.3 is 5.97 Å². The number of nitrogens with one attached hydrogen (secondary N) is 1. The van der Waals surface area contributed by atoms with Crippen molar-refractivity contribution >= 4 is 17.7 Å². The van der Waals surface area contributed by atoms with Crippen LogP contribution in [0.1, 0.15) is 26.7 Å². The van der Waals surface area contributed by atoms with E-state index in [1.54, 1.807) is 25.9 Å². The monoisotopic (exact) mass is 311 g/mol. The molecule has 0 saturated heterocycles. The normalized spacial score (nSPS) is 13.5. The molecule has 1 unspecified atom stereocenters. The second-order valence-electron chi connectivity index (χ2n) is 4.93. The minimum absolute atomic E-state index is 0.179. The lowest BCUT2D eigenvalue weighted by molar-refractivity contribution is -0.150. The zero-order valence-electron chi connectivity index (χ0n) is 13.3. The number of carbonyl (C=O) groups is 1. The second-order valence-corrected chi connectivity index (χ2v) is 6.10. The Labute approximate surface area is 131 Å². The number of hydrogen-bond donors (Lipinski definition) is 1. The van der Waals surface area contributed by atoms with E-state index >= 15 is 0 Å². The maximum absolute atomic E-state index is 11.9. The summed E-state index contributed by atoms with van der Waals surface area (Å²) in [6.07, 6.45) is 1.69. The SMILES string of the molecule is CCOC(=O)C(C)(CCCSc1ccc(OC)cc1)NC. The highest BCUT2D eigenvalue weighted by Gasteiger charge is 2.32. The van der Waals surface area contributed by atoms with Gasteiger partial charge in [0.2, 0.25) is 0 Å². The summed E-state index contributed by atoms with van der Waals surface area (Å²) in [7, 11) is 3.46. The first-order valence-electron chi connectivity index (χ1n) is 7.18. The molecule has 1 aromatic rings. The van der Waals surface area contributed by atoms with Crippen LogP contribution in [0.25, 0.3) is 0 Å². The van der Waals surface area contributed by atoms with Gasteiger partial charge in [-0.25, -0.2) is 0 Å². The Morgan fingerprint density at radius 1 is 1.33 bits per heavy atom. The second kappa shape index (κ2) is 8.95. The van der Waals surface area contributed by atoms with Crippen LogP contribution in [0.2, 0.25) is 0 Å². The van der Waals surface area contributed by atoms with Gasteiger partial charge in [0.05, 0.1) is 13.7 Å². The topological polar surface area (TPSA) is 47.6 Å². The summed E-state index contributed by atoms with van der Waals surface area (Å²) in [5, 5.41) is 3.08. The number of likely N-dealkylation sites (N-methyl/N-ethyl adjacent to an activating group) is 1. The molecular weight excluding hydrogens is 286 g/mol. The zero-order chi connectivity index (χ0) is 15.7. The van der Waals surface area contributed by atoms with Crippen molar-refractivity contribution in [2.75, 3.05) is 26.5 Å². The molecule has 1 aromatic carbocycles. The molecule has 0 aliphatic heterocycles. The maximum atomic E-state index is 11.9. The minimum atomic E-state index is -0.601. The summed E-state index contributed by atoms with van der Waals surface area (Å²) < 4.78 is 10.3. The Hall–Kier alpha value is -1.20. The number of ether oxygens (including phenoxy) is 2. The third kappa shape index (κ3) is 5.59. The number of thioether (sulfide) groups is 1. The molecule has 21 heavy (non-hydrogen) atoms. The predicted octanol–water partition coefficient (Wildman–Crippen LogP) is 3.11. The molecule has 0 amide bonds. The number of hydrogen-bond acceptors (Lipinski definition) is 5. The van der Waals surface area contributed by atoms with E-state index in [4.69, 9.17) is 9.47 Å². The third-order valence-electron chi connectivity index (χ3n) is 3.43. The smallest absolute Gasteiger partial charge is 0.326 e. The largest absolute Gasteiger partial charge is 0.497 e. The molecule has 0 fully saturated rings. The molecule has 0 heterocycles. The van der Waals surface area contributed by atoms with E-state index in [2.05, 4.69) is 5.32 Å². The van der Waals surface area contributed by atoms with Crippen LogP contribution >= 0.6 is 11.8 Å². The highest BCUT2D eigenvalue weighted by molar-refractivity contribution is 7.99. The molecule has 0 bridgehead atoms. The van der Waals surface area contributed by atoms with Crippen molar-refractivity contribution in [2.24, 2.45) is 0 Å². The highest BCUT2D eigenvalue weighted by atomic mass is 32.2. The van der Waals surface area contributed by atoms with Gasteiger partial charge in [0, 0.05) is 4.90 Å². The molecular formula is C16H25NO3S. The van der Waals surface area contributed by atoms with Crippen LogP contribution in [0, 0.1) is 0 Å². The number of methoxy groups -OCH3 is 1. The Morgan fingerprint density at radius 2 is 2.00 bits per heavy atom. The van der Waals surface area contributed by atoms with Gasteiger partial charge in [0.25, 0.3) is 0 Å². The minimum Gasteiger partial charge on any atom is -0.497 e. The van der Waals surface area contributed by atoms with Crippen LogP contribution in [-0.2, 0) is 9.53 Å². The number of rotatable bonds is 9. The summed E-state index contributed by atoms with van der Waals surface area (Å²) in [5.74, 6) is 1.65. The average Bonchev–Trinajstić information content (AvgIpc) is 2.52. The number of esters is 1. The van der Waals surface area contributed by atoms with E-state index in [9.17, 15) is 4.79 Å². The fourth-order valence-electron chi connectivity index (χ4n) is 1.91. The maximum Gasteiger partial charge on any atom is 0.326 e. The van der Waals surface area contributed by atoms with Gasteiger partial charge in [0.15, 0.2) is 0 Å².